The third kappa shape index (κ3) is 2.80. The van der Waals surface area contributed by atoms with E-state index in [2.05, 4.69) is 16.0 Å². The molecule has 0 amide bonds. The molecule has 1 heterocycles. The van der Waals surface area contributed by atoms with E-state index in [1.807, 2.05) is 25.1 Å². The fourth-order valence-electron chi connectivity index (χ4n) is 2.32. The molecule has 0 atom stereocenters. The number of aromatic nitrogens is 2. The maximum atomic E-state index is 10.7. The number of rotatable bonds is 3. The van der Waals surface area contributed by atoms with Crippen LogP contribution in [0.1, 0.15) is 17.0 Å². The van der Waals surface area contributed by atoms with E-state index >= 15 is 0 Å². The van der Waals surface area contributed by atoms with Crippen LogP contribution in [0.15, 0.2) is 42.5 Å². The van der Waals surface area contributed by atoms with Gasteiger partial charge in [-0.05, 0) is 42.3 Å². The van der Waals surface area contributed by atoms with E-state index in [0.717, 1.165) is 16.6 Å². The molecule has 0 saturated heterocycles. The van der Waals surface area contributed by atoms with Gasteiger partial charge in [-0.2, -0.15) is 5.26 Å². The Kier molecular flexibility index (Phi) is 3.61. The van der Waals surface area contributed by atoms with Crippen LogP contribution in [0, 0.1) is 28.4 Å². The maximum Gasteiger partial charge on any atom is 0.269 e. The largest absolute Gasteiger partial charge is 0.337 e. The smallest absolute Gasteiger partial charge is 0.269 e. The van der Waals surface area contributed by atoms with Gasteiger partial charge >= 0.3 is 0 Å². The number of hydrogen-bond acceptors (Lipinski definition) is 4. The lowest BCUT2D eigenvalue weighted by atomic mass is 10.1. The highest BCUT2D eigenvalue weighted by Gasteiger charge is 2.10. The summed E-state index contributed by atoms with van der Waals surface area (Å²) in [6.07, 6.45) is 1.65. The summed E-state index contributed by atoms with van der Waals surface area (Å²) in [4.78, 5) is 17.8. The highest BCUT2D eigenvalue weighted by molar-refractivity contribution is 5.91. The summed E-state index contributed by atoms with van der Waals surface area (Å²) in [5, 5.41) is 20.1. The van der Waals surface area contributed by atoms with Crippen LogP contribution in [0.3, 0.4) is 0 Å². The molecule has 0 saturated carbocycles. The molecule has 0 radical (unpaired) electrons. The van der Waals surface area contributed by atoms with Crippen molar-refractivity contribution in [2.75, 3.05) is 0 Å². The van der Waals surface area contributed by atoms with Crippen LogP contribution in [-0.4, -0.2) is 14.9 Å². The molecule has 112 valence electrons. The second-order valence-electron chi connectivity index (χ2n) is 5.07. The van der Waals surface area contributed by atoms with Gasteiger partial charge in [0.2, 0.25) is 0 Å². The van der Waals surface area contributed by atoms with Gasteiger partial charge < -0.3 is 4.98 Å². The van der Waals surface area contributed by atoms with E-state index in [4.69, 9.17) is 0 Å². The summed E-state index contributed by atoms with van der Waals surface area (Å²) in [5.41, 5.74) is 3.80. The number of imidazole rings is 1. The van der Waals surface area contributed by atoms with E-state index < -0.39 is 4.92 Å². The average Bonchev–Trinajstić information content (AvgIpc) is 2.98. The molecule has 3 aromatic rings. The molecule has 0 aliphatic carbocycles. The number of nitro groups is 1. The van der Waals surface area contributed by atoms with Crippen LogP contribution in [0.25, 0.3) is 22.7 Å². The average molecular weight is 304 g/mol. The molecule has 0 unspecified atom stereocenters. The van der Waals surface area contributed by atoms with Crippen molar-refractivity contribution in [1.82, 2.24) is 9.97 Å². The molecule has 0 fully saturated rings. The lowest BCUT2D eigenvalue weighted by Gasteiger charge is -1.96. The molecule has 6 heteroatoms. The number of nitrogens with one attached hydrogen (secondary N) is 1. The van der Waals surface area contributed by atoms with Crippen LogP contribution >= 0.6 is 0 Å². The number of allylic oxidation sites excluding steroid dienone is 1. The Bertz CT molecular complexity index is 962. The number of nitro benzene ring substituents is 1. The number of nitrogens with zero attached hydrogens (tertiary/aromatic N) is 3. The molecule has 0 aliphatic heterocycles. The van der Waals surface area contributed by atoms with Crippen molar-refractivity contribution in [2.24, 2.45) is 0 Å². The Hall–Kier alpha value is -3.46. The van der Waals surface area contributed by atoms with Gasteiger partial charge in [0, 0.05) is 12.1 Å². The number of H-pyrrole nitrogens is 1. The first kappa shape index (κ1) is 14.5. The van der Waals surface area contributed by atoms with Gasteiger partial charge in [0.1, 0.15) is 11.9 Å². The Morgan fingerprint density at radius 3 is 2.65 bits per heavy atom. The van der Waals surface area contributed by atoms with Crippen molar-refractivity contribution in [3.05, 3.63) is 69.5 Å². The molecule has 1 N–H and O–H groups in total. The first-order valence-electron chi connectivity index (χ1n) is 6.90. The van der Waals surface area contributed by atoms with Gasteiger partial charge in [-0.25, -0.2) is 4.98 Å². The van der Waals surface area contributed by atoms with Gasteiger partial charge in [-0.1, -0.05) is 12.1 Å². The highest BCUT2D eigenvalue weighted by Crippen LogP contribution is 2.22. The SMILES string of the molecule is Cc1cccc2[nH]c(/C(C#N)=C\c3ccc([N+](=O)[O-])cc3)nc12. The molecule has 0 aliphatic rings. The molecule has 2 aromatic carbocycles. The van der Waals surface area contributed by atoms with Gasteiger partial charge in [0.25, 0.3) is 5.69 Å². The fourth-order valence-corrected chi connectivity index (χ4v) is 2.32. The van der Waals surface area contributed by atoms with Crippen LogP contribution in [0.4, 0.5) is 5.69 Å². The summed E-state index contributed by atoms with van der Waals surface area (Å²) in [6.45, 7) is 1.96. The standard InChI is InChI=1S/C17H12N4O2/c1-11-3-2-4-15-16(11)20-17(19-15)13(10-18)9-12-5-7-14(8-6-12)21(22)23/h2-9H,1H3,(H,19,20)/b13-9-. The number of nitriles is 1. The summed E-state index contributed by atoms with van der Waals surface area (Å²) < 4.78 is 0. The molecule has 0 spiro atoms. The predicted octanol–water partition coefficient (Wildman–Crippen LogP) is 3.84. The topological polar surface area (TPSA) is 95.6 Å². The van der Waals surface area contributed by atoms with E-state index in [-0.39, 0.29) is 5.69 Å². The molecule has 3 rings (SSSR count). The number of benzene rings is 2. The van der Waals surface area contributed by atoms with Gasteiger partial charge in [-0.15, -0.1) is 0 Å². The number of non-ortho nitro benzene ring substituents is 1. The monoisotopic (exact) mass is 304 g/mol. The van der Waals surface area contributed by atoms with Crippen molar-refractivity contribution in [3.8, 4) is 6.07 Å². The zero-order valence-electron chi connectivity index (χ0n) is 12.3. The van der Waals surface area contributed by atoms with Crippen LogP contribution in [0.5, 0.6) is 0 Å². The normalized spacial score (nSPS) is 11.4. The number of para-hydroxylation sites is 1. The van der Waals surface area contributed by atoms with E-state index in [9.17, 15) is 15.4 Å². The number of hydrogen-bond donors (Lipinski definition) is 1. The lowest BCUT2D eigenvalue weighted by Crippen LogP contribution is -1.88. The van der Waals surface area contributed by atoms with Crippen LogP contribution < -0.4 is 0 Å². The van der Waals surface area contributed by atoms with Gasteiger partial charge in [0.15, 0.2) is 0 Å². The minimum atomic E-state index is -0.458. The van der Waals surface area contributed by atoms with Gasteiger partial charge in [-0.3, -0.25) is 10.1 Å². The Morgan fingerprint density at radius 2 is 2.04 bits per heavy atom. The fraction of sp³-hybridized carbons (Fsp3) is 0.0588. The van der Waals surface area contributed by atoms with Crippen molar-refractivity contribution in [3.63, 3.8) is 0 Å². The molecule has 23 heavy (non-hydrogen) atoms. The zero-order chi connectivity index (χ0) is 16.4. The van der Waals surface area contributed by atoms with Crippen molar-refractivity contribution in [2.45, 2.75) is 6.92 Å². The first-order valence-corrected chi connectivity index (χ1v) is 6.90. The van der Waals surface area contributed by atoms with Crippen LogP contribution in [0.2, 0.25) is 0 Å². The molecule has 1 aromatic heterocycles. The Labute approximate surface area is 131 Å². The number of fused-ring (bicyclic) bond motifs is 1. The van der Waals surface area contributed by atoms with Crippen LogP contribution in [-0.2, 0) is 0 Å². The molecule has 6 nitrogen and oxygen atoms in total. The van der Waals surface area contributed by atoms with Crippen molar-refractivity contribution >= 4 is 28.4 Å². The van der Waals surface area contributed by atoms with E-state index in [0.29, 0.717) is 17.0 Å². The first-order chi connectivity index (χ1) is 11.1. The third-order valence-electron chi connectivity index (χ3n) is 3.50. The number of aromatic amines is 1. The quantitative estimate of drug-likeness (QED) is 0.451. The van der Waals surface area contributed by atoms with E-state index in [1.54, 1.807) is 18.2 Å². The summed E-state index contributed by atoms with van der Waals surface area (Å²) in [7, 11) is 0. The Morgan fingerprint density at radius 1 is 1.30 bits per heavy atom. The zero-order valence-corrected chi connectivity index (χ0v) is 12.3. The minimum absolute atomic E-state index is 0.0139. The van der Waals surface area contributed by atoms with Gasteiger partial charge in [0.05, 0.1) is 21.5 Å². The maximum absolute atomic E-state index is 10.7. The van der Waals surface area contributed by atoms with E-state index in [1.165, 1.54) is 12.1 Å². The second-order valence-corrected chi connectivity index (χ2v) is 5.07. The summed E-state index contributed by atoms with van der Waals surface area (Å²) in [5.74, 6) is 0.482. The predicted molar refractivity (Wildman–Crippen MR) is 87.4 cm³/mol. The molecular formula is C17H12N4O2. The third-order valence-corrected chi connectivity index (χ3v) is 3.50. The lowest BCUT2D eigenvalue weighted by molar-refractivity contribution is -0.384. The molecular weight excluding hydrogens is 292 g/mol. The summed E-state index contributed by atoms with van der Waals surface area (Å²) >= 11 is 0. The minimum Gasteiger partial charge on any atom is -0.337 e. The van der Waals surface area contributed by atoms with Crippen molar-refractivity contribution < 1.29 is 4.92 Å². The summed E-state index contributed by atoms with van der Waals surface area (Å²) in [6, 6.07) is 13.9. The Balaban J connectivity index is 2.02. The van der Waals surface area contributed by atoms with Crippen molar-refractivity contribution in [1.29, 1.82) is 5.26 Å². The highest BCUT2D eigenvalue weighted by atomic mass is 16.6. The second kappa shape index (κ2) is 5.73. The number of aryl methyl sites for hydroxylation is 1. The molecule has 0 bridgehead atoms.